The summed E-state index contributed by atoms with van der Waals surface area (Å²) in [7, 11) is 0. The molecule has 3 aromatic rings. The molecule has 0 spiro atoms. The molecule has 0 amide bonds. The van der Waals surface area contributed by atoms with Crippen LogP contribution in [0.4, 0.5) is 35.1 Å². The highest BCUT2D eigenvalue weighted by atomic mass is 19.3. The van der Waals surface area contributed by atoms with Crippen LogP contribution in [0, 0.1) is 40.8 Å². The minimum absolute atomic E-state index is 0.00656. The van der Waals surface area contributed by atoms with Gasteiger partial charge in [-0.25, -0.2) is 17.6 Å². The zero-order chi connectivity index (χ0) is 29.2. The van der Waals surface area contributed by atoms with Gasteiger partial charge in [-0.05, 0) is 73.8 Å². The zero-order valence-electron chi connectivity index (χ0n) is 21.9. The first-order chi connectivity index (χ1) is 19.0. The quantitative estimate of drug-likeness (QED) is 0.238. The van der Waals surface area contributed by atoms with Gasteiger partial charge in [-0.3, -0.25) is 0 Å². The number of hydrogen-bond acceptors (Lipinski definition) is 2. The maximum atomic E-state index is 15.0. The molecule has 0 N–H and O–H groups in total. The summed E-state index contributed by atoms with van der Waals surface area (Å²) in [5, 5.41) is 0. The lowest BCUT2D eigenvalue weighted by Gasteiger charge is -2.28. The number of benzene rings is 3. The van der Waals surface area contributed by atoms with Gasteiger partial charge in [-0.1, -0.05) is 32.4 Å². The van der Waals surface area contributed by atoms with Gasteiger partial charge in [0.1, 0.15) is 5.56 Å². The molecular weight excluding hydrogens is 544 g/mol. The Morgan fingerprint density at radius 1 is 0.675 bits per heavy atom. The van der Waals surface area contributed by atoms with Crippen molar-refractivity contribution in [2.75, 3.05) is 6.61 Å². The Morgan fingerprint density at radius 3 is 1.88 bits per heavy atom. The first kappa shape index (κ1) is 29.7. The Hall–Kier alpha value is -3.30. The Labute approximate surface area is 226 Å². The molecule has 0 aromatic heterocycles. The number of halogens is 8. The fourth-order valence-corrected chi connectivity index (χ4v) is 5.06. The molecule has 1 aliphatic rings. The van der Waals surface area contributed by atoms with Crippen molar-refractivity contribution >= 4 is 0 Å². The molecule has 40 heavy (non-hydrogen) atoms. The molecule has 10 heteroatoms. The Balaban J connectivity index is 1.60. The Bertz CT molecular complexity index is 1370. The average Bonchev–Trinajstić information content (AvgIpc) is 2.94. The summed E-state index contributed by atoms with van der Waals surface area (Å²) in [5.74, 6) is -11.6. The molecule has 0 atom stereocenters. The summed E-state index contributed by atoms with van der Waals surface area (Å²) in [5.41, 5.74) is -2.75. The monoisotopic (exact) mass is 572 g/mol. The van der Waals surface area contributed by atoms with Crippen molar-refractivity contribution in [1.29, 1.82) is 0 Å². The average molecular weight is 573 g/mol. The Kier molecular flexibility index (Phi) is 8.95. The van der Waals surface area contributed by atoms with Gasteiger partial charge >= 0.3 is 6.11 Å². The fourth-order valence-electron chi connectivity index (χ4n) is 5.06. The van der Waals surface area contributed by atoms with E-state index >= 15 is 8.78 Å². The predicted molar refractivity (Wildman–Crippen MR) is 133 cm³/mol. The number of rotatable bonds is 9. The second kappa shape index (κ2) is 12.1. The number of hydrogen-bond donors (Lipinski definition) is 0. The van der Waals surface area contributed by atoms with Gasteiger partial charge in [0.25, 0.3) is 0 Å². The van der Waals surface area contributed by atoms with Crippen LogP contribution >= 0.6 is 0 Å². The van der Waals surface area contributed by atoms with Crippen molar-refractivity contribution in [3.05, 3.63) is 82.4 Å². The Morgan fingerprint density at radius 2 is 1.25 bits per heavy atom. The molecule has 1 saturated carbocycles. The van der Waals surface area contributed by atoms with Crippen LogP contribution in [0.5, 0.6) is 11.5 Å². The fraction of sp³-hybridized carbons (Fsp3) is 0.400. The lowest BCUT2D eigenvalue weighted by Crippen LogP contribution is -2.25. The summed E-state index contributed by atoms with van der Waals surface area (Å²) in [6.45, 7) is 3.78. The topological polar surface area (TPSA) is 18.5 Å². The van der Waals surface area contributed by atoms with E-state index in [1.54, 1.807) is 6.92 Å². The molecule has 0 bridgehead atoms. The van der Waals surface area contributed by atoms with Gasteiger partial charge in [0.2, 0.25) is 11.6 Å². The largest absolute Gasteiger partial charge is 0.490 e. The van der Waals surface area contributed by atoms with E-state index in [4.69, 9.17) is 4.74 Å². The van der Waals surface area contributed by atoms with Crippen molar-refractivity contribution in [3.63, 3.8) is 0 Å². The van der Waals surface area contributed by atoms with Crippen LogP contribution in [0.1, 0.15) is 69.4 Å². The van der Waals surface area contributed by atoms with Crippen LogP contribution < -0.4 is 9.47 Å². The maximum Gasteiger partial charge on any atom is 0.429 e. The molecule has 3 aromatic carbocycles. The van der Waals surface area contributed by atoms with E-state index in [2.05, 4.69) is 11.7 Å². The zero-order valence-corrected chi connectivity index (χ0v) is 21.9. The highest BCUT2D eigenvalue weighted by Crippen LogP contribution is 2.42. The predicted octanol–water partition coefficient (Wildman–Crippen LogP) is 9.79. The van der Waals surface area contributed by atoms with Crippen molar-refractivity contribution in [2.24, 2.45) is 5.92 Å². The van der Waals surface area contributed by atoms with Crippen LogP contribution in [0.25, 0.3) is 11.1 Å². The van der Waals surface area contributed by atoms with Crippen molar-refractivity contribution in [1.82, 2.24) is 0 Å². The summed E-state index contributed by atoms with van der Waals surface area (Å²) in [6, 6.07) is 5.02. The van der Waals surface area contributed by atoms with E-state index in [0.29, 0.717) is 37.3 Å². The van der Waals surface area contributed by atoms with Gasteiger partial charge in [-0.2, -0.15) is 17.6 Å². The third-order valence-electron chi connectivity index (χ3n) is 7.37. The van der Waals surface area contributed by atoms with Gasteiger partial charge < -0.3 is 9.47 Å². The van der Waals surface area contributed by atoms with E-state index in [1.165, 1.54) is 6.07 Å². The molecule has 1 aliphatic carbocycles. The van der Waals surface area contributed by atoms with E-state index in [-0.39, 0.29) is 18.1 Å². The molecule has 2 nitrogen and oxygen atoms in total. The van der Waals surface area contributed by atoms with E-state index in [0.717, 1.165) is 37.5 Å². The second-order valence-electron chi connectivity index (χ2n) is 9.90. The number of alkyl halides is 2. The van der Waals surface area contributed by atoms with Crippen LogP contribution in [0.15, 0.2) is 36.4 Å². The minimum atomic E-state index is -4.63. The van der Waals surface area contributed by atoms with Gasteiger partial charge in [-0.15, -0.1) is 0 Å². The summed E-state index contributed by atoms with van der Waals surface area (Å²) < 4.78 is 127. The van der Waals surface area contributed by atoms with Crippen LogP contribution in [-0.4, -0.2) is 6.61 Å². The molecule has 0 radical (unpaired) electrons. The highest BCUT2D eigenvalue weighted by Gasteiger charge is 2.41. The lowest BCUT2D eigenvalue weighted by atomic mass is 9.77. The summed E-state index contributed by atoms with van der Waals surface area (Å²) in [4.78, 5) is 0. The third-order valence-corrected chi connectivity index (χ3v) is 7.37. The molecule has 0 unspecified atom stereocenters. The smallest absolute Gasteiger partial charge is 0.429 e. The molecule has 0 saturated heterocycles. The number of ether oxygens (including phenoxy) is 2. The second-order valence-corrected chi connectivity index (χ2v) is 9.90. The van der Waals surface area contributed by atoms with Crippen molar-refractivity contribution in [3.8, 4) is 22.6 Å². The van der Waals surface area contributed by atoms with Gasteiger partial charge in [0.05, 0.1) is 6.61 Å². The van der Waals surface area contributed by atoms with Crippen LogP contribution in [-0.2, 0) is 6.11 Å². The highest BCUT2D eigenvalue weighted by molar-refractivity contribution is 5.67. The van der Waals surface area contributed by atoms with Crippen molar-refractivity contribution < 1.29 is 44.6 Å². The SMILES string of the molecule is CCCOc1ccc(C(F)(F)Oc2ccc(-c3ccc(C4CCC(CC)CC4)c(F)c3F)c(F)c2F)c(F)c1F. The van der Waals surface area contributed by atoms with Crippen molar-refractivity contribution in [2.45, 2.75) is 64.4 Å². The molecule has 216 valence electrons. The van der Waals surface area contributed by atoms with Crippen LogP contribution in [0.2, 0.25) is 0 Å². The maximum absolute atomic E-state index is 15.0. The molecular formula is C30H28F8O2. The molecule has 0 heterocycles. The summed E-state index contributed by atoms with van der Waals surface area (Å²) >= 11 is 0. The first-order valence-electron chi connectivity index (χ1n) is 13.1. The molecule has 1 fully saturated rings. The van der Waals surface area contributed by atoms with Gasteiger partial charge in [0.15, 0.2) is 34.8 Å². The van der Waals surface area contributed by atoms with E-state index in [9.17, 15) is 26.3 Å². The normalized spacial score (nSPS) is 17.6. The lowest BCUT2D eigenvalue weighted by molar-refractivity contribution is -0.189. The molecule has 0 aliphatic heterocycles. The first-order valence-corrected chi connectivity index (χ1v) is 13.1. The standard InChI is InChI=1S/C30H28F8O2/c1-3-15-39-22-14-12-21(27(34)28(22)35)30(37,38)40-23-13-11-20(26(33)29(23)36)19-10-9-18(24(31)25(19)32)17-7-5-16(4-2)6-8-17/h9-14,16-17H,3-8,15H2,1-2H3. The molecule has 4 rings (SSSR count). The van der Waals surface area contributed by atoms with E-state index < -0.39 is 69.2 Å². The minimum Gasteiger partial charge on any atom is -0.490 e. The van der Waals surface area contributed by atoms with Crippen LogP contribution in [0.3, 0.4) is 0 Å². The summed E-state index contributed by atoms with van der Waals surface area (Å²) in [6.07, 6.45) is -0.0627. The third kappa shape index (κ3) is 5.76. The van der Waals surface area contributed by atoms with E-state index in [1.807, 2.05) is 0 Å². The van der Waals surface area contributed by atoms with Gasteiger partial charge in [0, 0.05) is 11.1 Å².